The van der Waals surface area contributed by atoms with Crippen molar-refractivity contribution in [3.63, 3.8) is 0 Å². The molecule has 21 heavy (non-hydrogen) atoms. The van der Waals surface area contributed by atoms with Crippen molar-refractivity contribution in [3.05, 3.63) is 35.4 Å². The zero-order valence-corrected chi connectivity index (χ0v) is 14.2. The molecule has 0 spiro atoms. The molecule has 1 aliphatic rings. The third-order valence-electron chi connectivity index (χ3n) is 4.78. The maximum Gasteiger partial charge on any atom is 0.119 e. The number of aromatic hydroxyl groups is 1. The van der Waals surface area contributed by atoms with Gasteiger partial charge in [0.2, 0.25) is 0 Å². The van der Waals surface area contributed by atoms with Gasteiger partial charge in [0, 0.05) is 5.56 Å². The van der Waals surface area contributed by atoms with Crippen LogP contribution in [0.3, 0.4) is 0 Å². The van der Waals surface area contributed by atoms with Crippen LogP contribution in [-0.2, 0) is 6.42 Å². The summed E-state index contributed by atoms with van der Waals surface area (Å²) in [7, 11) is 0. The predicted molar refractivity (Wildman–Crippen MR) is 91.4 cm³/mol. The van der Waals surface area contributed by atoms with Gasteiger partial charge in [-0.15, -0.1) is 0 Å². The Kier molecular flexibility index (Phi) is 4.81. The number of benzene rings is 1. The molecule has 1 nitrogen and oxygen atoms in total. The number of rotatable bonds is 4. The first-order valence-corrected chi connectivity index (χ1v) is 8.34. The van der Waals surface area contributed by atoms with Crippen LogP contribution in [0.4, 0.5) is 0 Å². The van der Waals surface area contributed by atoms with Gasteiger partial charge in [-0.05, 0) is 53.7 Å². The molecule has 0 radical (unpaired) electrons. The second-order valence-electron chi connectivity index (χ2n) is 7.76. The van der Waals surface area contributed by atoms with E-state index in [-0.39, 0.29) is 0 Å². The number of hydrogen-bond donors (Lipinski definition) is 1. The highest BCUT2D eigenvalue weighted by Crippen LogP contribution is 2.43. The molecule has 1 aliphatic carbocycles. The molecule has 1 aromatic rings. The average molecular weight is 286 g/mol. The van der Waals surface area contributed by atoms with E-state index in [0.29, 0.717) is 23.0 Å². The molecule has 2 atom stereocenters. The van der Waals surface area contributed by atoms with E-state index >= 15 is 0 Å². The van der Waals surface area contributed by atoms with Gasteiger partial charge in [-0.25, -0.2) is 0 Å². The number of allylic oxidation sites excluding steroid dienone is 2. The van der Waals surface area contributed by atoms with E-state index in [9.17, 15) is 5.11 Å². The molecule has 1 N–H and O–H groups in total. The Morgan fingerprint density at radius 2 is 1.95 bits per heavy atom. The van der Waals surface area contributed by atoms with Crippen LogP contribution in [0.15, 0.2) is 24.3 Å². The largest absolute Gasteiger partial charge is 0.508 e. The molecular formula is C20H30O. The van der Waals surface area contributed by atoms with Crippen LogP contribution in [0.2, 0.25) is 0 Å². The van der Waals surface area contributed by atoms with Crippen LogP contribution in [0.5, 0.6) is 5.75 Å². The fourth-order valence-corrected chi connectivity index (χ4v) is 3.50. The SMILES string of the molecule is CCC(C)C(CC(C)(C)C)C1=CCCc2c(O)cccc21. The average Bonchev–Trinajstić information content (AvgIpc) is 2.43. The summed E-state index contributed by atoms with van der Waals surface area (Å²) in [6, 6.07) is 6.00. The van der Waals surface area contributed by atoms with Gasteiger partial charge in [0.25, 0.3) is 0 Å². The number of fused-ring (bicyclic) bond motifs is 1. The highest BCUT2D eigenvalue weighted by Gasteiger charge is 2.29. The molecule has 0 heterocycles. The predicted octanol–water partition coefficient (Wildman–Crippen LogP) is 5.82. The molecule has 116 valence electrons. The molecule has 0 fully saturated rings. The lowest BCUT2D eigenvalue weighted by Gasteiger charge is -2.34. The first-order valence-electron chi connectivity index (χ1n) is 8.34. The number of hydrogen-bond acceptors (Lipinski definition) is 1. The van der Waals surface area contributed by atoms with E-state index in [1.165, 1.54) is 24.0 Å². The third kappa shape index (κ3) is 3.70. The molecule has 0 bridgehead atoms. The van der Waals surface area contributed by atoms with E-state index < -0.39 is 0 Å². The van der Waals surface area contributed by atoms with E-state index in [2.05, 4.69) is 46.8 Å². The van der Waals surface area contributed by atoms with Gasteiger partial charge >= 0.3 is 0 Å². The Morgan fingerprint density at radius 3 is 2.57 bits per heavy atom. The van der Waals surface area contributed by atoms with Crippen LogP contribution in [0, 0.1) is 17.3 Å². The number of phenolic OH excluding ortho intramolecular Hbond substituents is 1. The van der Waals surface area contributed by atoms with Crippen LogP contribution >= 0.6 is 0 Å². The van der Waals surface area contributed by atoms with Gasteiger partial charge in [0.05, 0.1) is 0 Å². The van der Waals surface area contributed by atoms with Crippen LogP contribution in [0.1, 0.15) is 65.0 Å². The maximum atomic E-state index is 10.2. The van der Waals surface area contributed by atoms with Crippen LogP contribution in [-0.4, -0.2) is 5.11 Å². The van der Waals surface area contributed by atoms with Crippen molar-refractivity contribution in [2.45, 2.75) is 60.3 Å². The van der Waals surface area contributed by atoms with E-state index in [1.54, 1.807) is 0 Å². The summed E-state index contributed by atoms with van der Waals surface area (Å²) in [4.78, 5) is 0. The lowest BCUT2D eigenvalue weighted by Crippen LogP contribution is -2.22. The molecule has 2 rings (SSSR count). The molecular weight excluding hydrogens is 256 g/mol. The van der Waals surface area contributed by atoms with Crippen molar-refractivity contribution in [2.24, 2.45) is 17.3 Å². The Labute approximate surface area is 130 Å². The smallest absolute Gasteiger partial charge is 0.119 e. The molecule has 0 amide bonds. The summed E-state index contributed by atoms with van der Waals surface area (Å²) < 4.78 is 0. The first-order chi connectivity index (χ1) is 9.83. The second kappa shape index (κ2) is 6.25. The summed E-state index contributed by atoms with van der Waals surface area (Å²) in [6.45, 7) is 11.6. The standard InChI is InChI=1S/C20H30O/c1-6-14(2)18(13-20(3,4)5)16-9-7-11-17-15(16)10-8-12-19(17)21/h8-10,12,14,18,21H,6-7,11,13H2,1-5H3. The van der Waals surface area contributed by atoms with Gasteiger partial charge < -0.3 is 5.11 Å². The molecule has 1 aromatic carbocycles. The summed E-state index contributed by atoms with van der Waals surface area (Å²) in [6.07, 6.45) is 6.84. The van der Waals surface area contributed by atoms with Crippen molar-refractivity contribution in [1.29, 1.82) is 0 Å². The van der Waals surface area contributed by atoms with Gasteiger partial charge in [-0.3, -0.25) is 0 Å². The molecule has 0 aliphatic heterocycles. The lowest BCUT2D eigenvalue weighted by atomic mass is 9.71. The van der Waals surface area contributed by atoms with Gasteiger partial charge in [0.1, 0.15) is 5.75 Å². The molecule has 0 saturated carbocycles. The molecule has 2 unspecified atom stereocenters. The first kappa shape index (κ1) is 16.1. The normalized spacial score (nSPS) is 17.9. The van der Waals surface area contributed by atoms with Crippen molar-refractivity contribution in [3.8, 4) is 5.75 Å². The summed E-state index contributed by atoms with van der Waals surface area (Å²) >= 11 is 0. The summed E-state index contributed by atoms with van der Waals surface area (Å²) in [5.74, 6) is 1.72. The lowest BCUT2D eigenvalue weighted by molar-refractivity contribution is 0.275. The topological polar surface area (TPSA) is 20.2 Å². The van der Waals surface area contributed by atoms with Gasteiger partial charge in [-0.1, -0.05) is 59.2 Å². The molecule has 0 saturated heterocycles. The van der Waals surface area contributed by atoms with Crippen molar-refractivity contribution in [1.82, 2.24) is 0 Å². The minimum atomic E-state index is 0.323. The Balaban J connectivity index is 2.42. The van der Waals surface area contributed by atoms with Crippen LogP contribution < -0.4 is 0 Å². The van der Waals surface area contributed by atoms with Crippen molar-refractivity contribution < 1.29 is 5.11 Å². The Bertz CT molecular complexity index is 519. The Hall–Kier alpha value is -1.24. The number of phenols is 1. The molecule has 1 heteroatoms. The van der Waals surface area contributed by atoms with Gasteiger partial charge in [-0.2, -0.15) is 0 Å². The fraction of sp³-hybridized carbons (Fsp3) is 0.600. The van der Waals surface area contributed by atoms with E-state index in [4.69, 9.17) is 0 Å². The van der Waals surface area contributed by atoms with Crippen molar-refractivity contribution >= 4 is 5.57 Å². The summed E-state index contributed by atoms with van der Waals surface area (Å²) in [5.41, 5.74) is 4.23. The Morgan fingerprint density at radius 1 is 1.24 bits per heavy atom. The summed E-state index contributed by atoms with van der Waals surface area (Å²) in [5, 5.41) is 10.2. The highest BCUT2D eigenvalue weighted by molar-refractivity contribution is 5.73. The minimum Gasteiger partial charge on any atom is -0.508 e. The zero-order valence-electron chi connectivity index (χ0n) is 14.2. The minimum absolute atomic E-state index is 0.323. The van der Waals surface area contributed by atoms with Crippen molar-refractivity contribution in [2.75, 3.05) is 0 Å². The zero-order chi connectivity index (χ0) is 15.6. The third-order valence-corrected chi connectivity index (χ3v) is 4.78. The van der Waals surface area contributed by atoms with E-state index in [0.717, 1.165) is 18.4 Å². The van der Waals surface area contributed by atoms with Crippen LogP contribution in [0.25, 0.3) is 5.57 Å². The maximum absolute atomic E-state index is 10.2. The second-order valence-corrected chi connectivity index (χ2v) is 7.76. The monoisotopic (exact) mass is 286 g/mol. The fourth-order valence-electron chi connectivity index (χ4n) is 3.50. The van der Waals surface area contributed by atoms with E-state index in [1.807, 2.05) is 12.1 Å². The van der Waals surface area contributed by atoms with Gasteiger partial charge in [0.15, 0.2) is 0 Å². The highest BCUT2D eigenvalue weighted by atomic mass is 16.3. The quantitative estimate of drug-likeness (QED) is 0.739. The molecule has 0 aromatic heterocycles.